The van der Waals surface area contributed by atoms with Gasteiger partial charge in [0.1, 0.15) is 5.75 Å². The van der Waals surface area contributed by atoms with Gasteiger partial charge in [-0.1, -0.05) is 44.5 Å². The van der Waals surface area contributed by atoms with Gasteiger partial charge < -0.3 is 5.11 Å². The van der Waals surface area contributed by atoms with Crippen molar-refractivity contribution >= 4 is 5.57 Å². The Kier molecular flexibility index (Phi) is 4.24. The average molecular weight is 190 g/mol. The Hall–Kier alpha value is -1.24. The molecule has 14 heavy (non-hydrogen) atoms. The molecule has 76 valence electrons. The van der Waals surface area contributed by atoms with Gasteiger partial charge in [-0.3, -0.25) is 0 Å². The van der Waals surface area contributed by atoms with Crippen LogP contribution in [0.2, 0.25) is 0 Å². The Morgan fingerprint density at radius 3 is 2.64 bits per heavy atom. The molecule has 1 aromatic rings. The minimum Gasteiger partial charge on any atom is -0.507 e. The van der Waals surface area contributed by atoms with E-state index in [9.17, 15) is 5.11 Å². The predicted octanol–water partition coefficient (Wildman–Crippen LogP) is 3.99. The van der Waals surface area contributed by atoms with E-state index in [1.165, 1.54) is 12.8 Å². The van der Waals surface area contributed by atoms with Crippen molar-refractivity contribution in [3.05, 3.63) is 36.4 Å². The van der Waals surface area contributed by atoms with E-state index in [1.54, 1.807) is 6.07 Å². The highest BCUT2D eigenvalue weighted by Gasteiger charge is 2.03. The lowest BCUT2D eigenvalue weighted by atomic mass is 10.0. The lowest BCUT2D eigenvalue weighted by Crippen LogP contribution is -1.84. The summed E-state index contributed by atoms with van der Waals surface area (Å²) in [4.78, 5) is 0. The van der Waals surface area contributed by atoms with Crippen molar-refractivity contribution in [2.75, 3.05) is 0 Å². The molecular weight excluding hydrogens is 172 g/mol. The lowest BCUT2D eigenvalue weighted by Gasteiger charge is -2.07. The largest absolute Gasteiger partial charge is 0.507 e. The van der Waals surface area contributed by atoms with Crippen molar-refractivity contribution in [1.29, 1.82) is 0 Å². The number of phenolic OH excluding ortho intramolecular Hbond substituents is 1. The number of benzene rings is 1. The van der Waals surface area contributed by atoms with Crippen molar-refractivity contribution in [2.45, 2.75) is 32.6 Å². The molecule has 0 aromatic heterocycles. The van der Waals surface area contributed by atoms with E-state index < -0.39 is 0 Å². The predicted molar refractivity (Wildman–Crippen MR) is 61.3 cm³/mol. The molecule has 0 unspecified atom stereocenters. The molecule has 0 saturated heterocycles. The van der Waals surface area contributed by atoms with Crippen molar-refractivity contribution in [3.63, 3.8) is 0 Å². The summed E-state index contributed by atoms with van der Waals surface area (Å²) in [6, 6.07) is 7.39. The van der Waals surface area contributed by atoms with Crippen LogP contribution in [-0.4, -0.2) is 5.11 Å². The topological polar surface area (TPSA) is 20.2 Å². The maximum absolute atomic E-state index is 9.58. The maximum Gasteiger partial charge on any atom is 0.123 e. The Balaban J connectivity index is 2.56. The summed E-state index contributed by atoms with van der Waals surface area (Å²) in [5, 5.41) is 9.58. The van der Waals surface area contributed by atoms with Gasteiger partial charge in [-0.25, -0.2) is 0 Å². The number of allylic oxidation sites excluding steroid dienone is 1. The van der Waals surface area contributed by atoms with E-state index in [-0.39, 0.29) is 0 Å². The molecule has 1 rings (SSSR count). The van der Waals surface area contributed by atoms with Crippen molar-refractivity contribution in [2.24, 2.45) is 0 Å². The molecule has 0 radical (unpaired) electrons. The highest BCUT2D eigenvalue weighted by Crippen LogP contribution is 2.26. The molecule has 0 aliphatic heterocycles. The summed E-state index contributed by atoms with van der Waals surface area (Å²) >= 11 is 0. The number of unbranched alkanes of at least 4 members (excludes halogenated alkanes) is 2. The van der Waals surface area contributed by atoms with Gasteiger partial charge in [-0.15, -0.1) is 0 Å². The van der Waals surface area contributed by atoms with Gasteiger partial charge in [0, 0.05) is 5.56 Å². The van der Waals surface area contributed by atoms with E-state index >= 15 is 0 Å². The summed E-state index contributed by atoms with van der Waals surface area (Å²) < 4.78 is 0. The van der Waals surface area contributed by atoms with E-state index in [0.29, 0.717) is 5.75 Å². The third-order valence-electron chi connectivity index (χ3n) is 2.37. The van der Waals surface area contributed by atoms with Crippen LogP contribution >= 0.6 is 0 Å². The smallest absolute Gasteiger partial charge is 0.123 e. The third kappa shape index (κ3) is 2.91. The molecule has 1 nitrogen and oxygen atoms in total. The van der Waals surface area contributed by atoms with Crippen LogP contribution in [0.3, 0.4) is 0 Å². The zero-order valence-corrected chi connectivity index (χ0v) is 8.79. The molecule has 1 aromatic carbocycles. The maximum atomic E-state index is 9.58. The zero-order chi connectivity index (χ0) is 10.4. The number of phenols is 1. The monoisotopic (exact) mass is 190 g/mol. The Morgan fingerprint density at radius 1 is 1.29 bits per heavy atom. The first-order valence-corrected chi connectivity index (χ1v) is 5.22. The summed E-state index contributed by atoms with van der Waals surface area (Å²) in [7, 11) is 0. The number of hydrogen-bond donors (Lipinski definition) is 1. The summed E-state index contributed by atoms with van der Waals surface area (Å²) in [5.41, 5.74) is 1.93. The van der Waals surface area contributed by atoms with E-state index in [2.05, 4.69) is 13.5 Å². The molecule has 0 fully saturated rings. The fourth-order valence-corrected chi connectivity index (χ4v) is 1.50. The Bertz CT molecular complexity index is 302. The molecule has 0 spiro atoms. The molecule has 0 aliphatic rings. The number of rotatable bonds is 5. The second-order valence-corrected chi connectivity index (χ2v) is 3.58. The molecule has 0 heterocycles. The molecular formula is C13H18O. The lowest BCUT2D eigenvalue weighted by molar-refractivity contribution is 0.473. The van der Waals surface area contributed by atoms with Crippen LogP contribution in [0.15, 0.2) is 30.8 Å². The Morgan fingerprint density at radius 2 is 2.00 bits per heavy atom. The molecule has 0 aliphatic carbocycles. The first-order valence-electron chi connectivity index (χ1n) is 5.22. The first kappa shape index (κ1) is 10.8. The zero-order valence-electron chi connectivity index (χ0n) is 8.79. The molecule has 0 atom stereocenters. The quantitative estimate of drug-likeness (QED) is 0.696. The molecule has 1 heteroatoms. The number of para-hydroxylation sites is 1. The van der Waals surface area contributed by atoms with Gasteiger partial charge in [-0.05, 0) is 24.5 Å². The standard InChI is InChI=1S/C13H18O/c1-3-4-5-8-11(2)12-9-6-7-10-13(12)14/h6-7,9-10,14H,2-5,8H2,1H3. The van der Waals surface area contributed by atoms with Crippen molar-refractivity contribution < 1.29 is 5.11 Å². The number of hydrogen-bond acceptors (Lipinski definition) is 1. The van der Waals surface area contributed by atoms with Crippen molar-refractivity contribution in [1.82, 2.24) is 0 Å². The summed E-state index contributed by atoms with van der Waals surface area (Å²) in [5.74, 6) is 0.342. The Labute approximate surface area is 86.1 Å². The van der Waals surface area contributed by atoms with Gasteiger partial charge in [0.2, 0.25) is 0 Å². The van der Waals surface area contributed by atoms with Crippen molar-refractivity contribution in [3.8, 4) is 5.75 Å². The molecule has 0 amide bonds. The van der Waals surface area contributed by atoms with Crippen LogP contribution in [-0.2, 0) is 0 Å². The normalized spacial score (nSPS) is 10.1. The van der Waals surface area contributed by atoms with E-state index in [4.69, 9.17) is 0 Å². The first-order chi connectivity index (χ1) is 6.75. The fraction of sp³-hybridized carbons (Fsp3) is 0.385. The van der Waals surface area contributed by atoms with Crippen LogP contribution in [0.4, 0.5) is 0 Å². The summed E-state index contributed by atoms with van der Waals surface area (Å²) in [6.07, 6.45) is 4.58. The van der Waals surface area contributed by atoms with Crippen LogP contribution in [0, 0.1) is 0 Å². The second-order valence-electron chi connectivity index (χ2n) is 3.58. The SMILES string of the molecule is C=C(CCCCC)c1ccccc1O. The minimum absolute atomic E-state index is 0.342. The molecule has 1 N–H and O–H groups in total. The van der Waals surface area contributed by atoms with Crippen LogP contribution in [0.25, 0.3) is 5.57 Å². The van der Waals surface area contributed by atoms with Crippen LogP contribution < -0.4 is 0 Å². The van der Waals surface area contributed by atoms with Gasteiger partial charge in [0.15, 0.2) is 0 Å². The minimum atomic E-state index is 0.342. The van der Waals surface area contributed by atoms with E-state index in [1.807, 2.05) is 18.2 Å². The van der Waals surface area contributed by atoms with Crippen LogP contribution in [0.1, 0.15) is 38.2 Å². The third-order valence-corrected chi connectivity index (χ3v) is 2.37. The van der Waals surface area contributed by atoms with E-state index in [0.717, 1.165) is 24.0 Å². The number of aromatic hydroxyl groups is 1. The van der Waals surface area contributed by atoms with Gasteiger partial charge in [0.25, 0.3) is 0 Å². The second kappa shape index (κ2) is 5.48. The van der Waals surface area contributed by atoms with Crippen LogP contribution in [0.5, 0.6) is 5.75 Å². The van der Waals surface area contributed by atoms with Gasteiger partial charge in [0.05, 0.1) is 0 Å². The average Bonchev–Trinajstić information content (AvgIpc) is 2.18. The highest BCUT2D eigenvalue weighted by atomic mass is 16.3. The fourth-order valence-electron chi connectivity index (χ4n) is 1.50. The summed E-state index contributed by atoms with van der Waals surface area (Å²) in [6.45, 7) is 6.18. The molecule has 0 saturated carbocycles. The van der Waals surface area contributed by atoms with Gasteiger partial charge in [-0.2, -0.15) is 0 Å². The van der Waals surface area contributed by atoms with Gasteiger partial charge >= 0.3 is 0 Å². The molecule has 0 bridgehead atoms. The highest BCUT2D eigenvalue weighted by molar-refractivity contribution is 5.68.